The summed E-state index contributed by atoms with van der Waals surface area (Å²) >= 11 is 0. The summed E-state index contributed by atoms with van der Waals surface area (Å²) in [6, 6.07) is 0. The number of amides is 1. The van der Waals surface area contributed by atoms with Crippen molar-refractivity contribution in [1.82, 2.24) is 4.90 Å². The van der Waals surface area contributed by atoms with Crippen LogP contribution in [0.1, 0.15) is 25.7 Å². The van der Waals surface area contributed by atoms with E-state index in [2.05, 4.69) is 9.47 Å². The molecule has 0 heterocycles. The Hall–Kier alpha value is -1.63. The minimum Gasteiger partial charge on any atom is -0.468 e. The van der Waals surface area contributed by atoms with Gasteiger partial charge in [-0.25, -0.2) is 0 Å². The highest BCUT2D eigenvalue weighted by Gasteiger charge is 2.40. The van der Waals surface area contributed by atoms with Crippen LogP contribution in [0.2, 0.25) is 0 Å². The quantitative estimate of drug-likeness (QED) is 0.619. The molecule has 0 bridgehead atoms. The third-order valence-electron chi connectivity index (χ3n) is 3.62. The number of methoxy groups -OCH3 is 3. The lowest BCUT2D eigenvalue weighted by Gasteiger charge is -2.40. The molecule has 0 aromatic rings. The first-order valence-corrected chi connectivity index (χ1v) is 6.43. The van der Waals surface area contributed by atoms with Gasteiger partial charge in [-0.1, -0.05) is 0 Å². The van der Waals surface area contributed by atoms with Crippen molar-refractivity contribution < 1.29 is 28.6 Å². The zero-order valence-electron chi connectivity index (χ0n) is 12.1. The van der Waals surface area contributed by atoms with E-state index < -0.39 is 17.5 Å². The molecule has 1 saturated carbocycles. The number of carbonyl (C=O) groups is 3. The van der Waals surface area contributed by atoms with Crippen LogP contribution in [0.5, 0.6) is 0 Å². The second-order valence-electron chi connectivity index (χ2n) is 4.82. The van der Waals surface area contributed by atoms with Gasteiger partial charge in [0.05, 0.1) is 26.2 Å². The van der Waals surface area contributed by atoms with Gasteiger partial charge in [-0.3, -0.25) is 14.4 Å². The molecule has 0 aliphatic heterocycles. The summed E-state index contributed by atoms with van der Waals surface area (Å²) in [5.41, 5.74) is -0.457. The van der Waals surface area contributed by atoms with Crippen molar-refractivity contribution in [3.63, 3.8) is 0 Å². The fourth-order valence-corrected chi connectivity index (χ4v) is 2.08. The number of nitrogens with zero attached hydrogens (tertiary/aromatic N) is 1. The highest BCUT2D eigenvalue weighted by molar-refractivity contribution is 5.86. The van der Waals surface area contributed by atoms with Gasteiger partial charge >= 0.3 is 11.9 Å². The van der Waals surface area contributed by atoms with E-state index in [0.717, 1.165) is 24.2 Å². The lowest BCUT2D eigenvalue weighted by molar-refractivity contribution is -0.157. The minimum atomic E-state index is -0.581. The Labute approximate surface area is 118 Å². The Kier molecular flexibility index (Phi) is 5.94. The van der Waals surface area contributed by atoms with Gasteiger partial charge in [0.1, 0.15) is 13.1 Å². The molecule has 1 fully saturated rings. The Bertz CT molecular complexity index is 354. The Morgan fingerprint density at radius 3 is 1.80 bits per heavy atom. The van der Waals surface area contributed by atoms with Crippen LogP contribution in [0.15, 0.2) is 0 Å². The van der Waals surface area contributed by atoms with Crippen molar-refractivity contribution in [2.24, 2.45) is 0 Å². The van der Waals surface area contributed by atoms with Gasteiger partial charge in [-0.05, 0) is 19.3 Å². The van der Waals surface area contributed by atoms with E-state index in [1.807, 2.05) is 0 Å². The van der Waals surface area contributed by atoms with Gasteiger partial charge < -0.3 is 19.1 Å². The summed E-state index contributed by atoms with van der Waals surface area (Å²) in [6.07, 6.45) is 2.77. The van der Waals surface area contributed by atoms with E-state index in [4.69, 9.17) is 4.74 Å². The van der Waals surface area contributed by atoms with Crippen LogP contribution in [0.3, 0.4) is 0 Å². The summed E-state index contributed by atoms with van der Waals surface area (Å²) in [5.74, 6) is -1.48. The van der Waals surface area contributed by atoms with Crippen molar-refractivity contribution in [2.45, 2.75) is 31.3 Å². The second-order valence-corrected chi connectivity index (χ2v) is 4.82. The molecular formula is C13H21NO6. The molecule has 1 rings (SSSR count). The smallest absolute Gasteiger partial charge is 0.325 e. The Morgan fingerprint density at radius 2 is 1.50 bits per heavy atom. The van der Waals surface area contributed by atoms with Crippen LogP contribution in [-0.2, 0) is 28.6 Å². The lowest BCUT2D eigenvalue weighted by atomic mass is 9.77. The first-order chi connectivity index (χ1) is 9.46. The Balaban J connectivity index is 2.67. The van der Waals surface area contributed by atoms with Gasteiger partial charge in [0, 0.05) is 7.11 Å². The SMILES string of the molecule is COC(=O)CN(CC(=O)OC)C(=O)CC1(OC)CCC1. The van der Waals surface area contributed by atoms with Crippen LogP contribution in [-0.4, -0.2) is 62.8 Å². The zero-order chi connectivity index (χ0) is 15.2. The molecule has 1 amide bonds. The highest BCUT2D eigenvalue weighted by Crippen LogP contribution is 2.38. The molecule has 7 nitrogen and oxygen atoms in total. The molecule has 0 radical (unpaired) electrons. The maximum atomic E-state index is 12.2. The maximum Gasteiger partial charge on any atom is 0.325 e. The summed E-state index contributed by atoms with van der Waals surface area (Å²) < 4.78 is 14.4. The van der Waals surface area contributed by atoms with E-state index in [1.165, 1.54) is 14.2 Å². The number of carbonyl (C=O) groups excluding carboxylic acids is 3. The molecule has 0 atom stereocenters. The zero-order valence-corrected chi connectivity index (χ0v) is 12.1. The Morgan fingerprint density at radius 1 is 1.00 bits per heavy atom. The molecule has 7 heteroatoms. The van der Waals surface area contributed by atoms with E-state index >= 15 is 0 Å². The molecule has 0 aromatic carbocycles. The summed E-state index contributed by atoms with van der Waals surface area (Å²) in [4.78, 5) is 36.0. The third kappa shape index (κ3) is 4.19. The topological polar surface area (TPSA) is 82.1 Å². The standard InChI is InChI=1S/C13H21NO6/c1-18-11(16)8-14(9-12(17)19-2)10(15)7-13(20-3)5-4-6-13/h4-9H2,1-3H3. The average Bonchev–Trinajstić information content (AvgIpc) is 2.41. The molecule has 0 unspecified atom stereocenters. The number of hydrogen-bond donors (Lipinski definition) is 0. The maximum absolute atomic E-state index is 12.2. The van der Waals surface area contributed by atoms with Crippen molar-refractivity contribution in [3.8, 4) is 0 Å². The predicted molar refractivity (Wildman–Crippen MR) is 68.8 cm³/mol. The average molecular weight is 287 g/mol. The van der Waals surface area contributed by atoms with Gasteiger partial charge in [-0.2, -0.15) is 0 Å². The van der Waals surface area contributed by atoms with Crippen LogP contribution in [0.4, 0.5) is 0 Å². The summed E-state index contributed by atoms with van der Waals surface area (Å²) in [5, 5.41) is 0. The number of rotatable bonds is 7. The highest BCUT2D eigenvalue weighted by atomic mass is 16.5. The number of ether oxygens (including phenoxy) is 3. The molecule has 1 aliphatic rings. The van der Waals surface area contributed by atoms with Crippen LogP contribution < -0.4 is 0 Å². The van der Waals surface area contributed by atoms with Crippen LogP contribution >= 0.6 is 0 Å². The predicted octanol–water partition coefficient (Wildman–Crippen LogP) is 0.120. The van der Waals surface area contributed by atoms with Crippen LogP contribution in [0.25, 0.3) is 0 Å². The summed E-state index contributed by atoms with van der Waals surface area (Å²) in [6.45, 7) is -0.547. The van der Waals surface area contributed by atoms with Crippen molar-refractivity contribution in [2.75, 3.05) is 34.4 Å². The first-order valence-electron chi connectivity index (χ1n) is 6.43. The summed E-state index contributed by atoms with van der Waals surface area (Å²) in [7, 11) is 4.02. The normalized spacial score (nSPS) is 15.9. The van der Waals surface area contributed by atoms with Crippen molar-refractivity contribution in [3.05, 3.63) is 0 Å². The number of hydrogen-bond acceptors (Lipinski definition) is 6. The molecule has 20 heavy (non-hydrogen) atoms. The third-order valence-corrected chi connectivity index (χ3v) is 3.62. The van der Waals surface area contributed by atoms with E-state index in [9.17, 15) is 14.4 Å². The van der Waals surface area contributed by atoms with E-state index in [1.54, 1.807) is 7.11 Å². The van der Waals surface area contributed by atoms with Crippen molar-refractivity contribution >= 4 is 17.8 Å². The van der Waals surface area contributed by atoms with Gasteiger partial charge in [0.2, 0.25) is 5.91 Å². The molecule has 0 saturated heterocycles. The monoisotopic (exact) mass is 287 g/mol. The molecule has 114 valence electrons. The van der Waals surface area contributed by atoms with Gasteiger partial charge in [0.15, 0.2) is 0 Å². The number of esters is 2. The first kappa shape index (κ1) is 16.4. The fraction of sp³-hybridized carbons (Fsp3) is 0.769. The largest absolute Gasteiger partial charge is 0.468 e. The van der Waals surface area contributed by atoms with Crippen molar-refractivity contribution in [1.29, 1.82) is 0 Å². The van der Waals surface area contributed by atoms with E-state index in [-0.39, 0.29) is 25.4 Å². The molecule has 0 spiro atoms. The molecular weight excluding hydrogens is 266 g/mol. The van der Waals surface area contributed by atoms with Gasteiger partial charge in [-0.15, -0.1) is 0 Å². The molecule has 0 N–H and O–H groups in total. The lowest BCUT2D eigenvalue weighted by Crippen LogP contribution is -2.47. The fourth-order valence-electron chi connectivity index (χ4n) is 2.08. The van der Waals surface area contributed by atoms with Crippen LogP contribution in [0, 0.1) is 0 Å². The van der Waals surface area contributed by atoms with E-state index in [0.29, 0.717) is 0 Å². The van der Waals surface area contributed by atoms with Gasteiger partial charge in [0.25, 0.3) is 0 Å². The molecule has 0 aromatic heterocycles. The molecule has 1 aliphatic carbocycles. The second kappa shape index (κ2) is 7.23. The minimum absolute atomic E-state index is 0.150.